The average Bonchev–Trinajstić information content (AvgIpc) is 2.55. The van der Waals surface area contributed by atoms with Gasteiger partial charge in [-0.2, -0.15) is 11.8 Å². The molecule has 0 aromatic heterocycles. The van der Waals surface area contributed by atoms with E-state index in [-0.39, 0.29) is 12.3 Å². The van der Waals surface area contributed by atoms with E-state index in [0.29, 0.717) is 18.6 Å². The van der Waals surface area contributed by atoms with Crippen LogP contribution in [0.2, 0.25) is 0 Å². The number of rotatable bonds is 10. The molecule has 1 amide bonds. The zero-order valence-corrected chi connectivity index (χ0v) is 14.2. The lowest BCUT2D eigenvalue weighted by Crippen LogP contribution is -2.38. The Morgan fingerprint density at radius 2 is 1.96 bits per heavy atom. The Labute approximate surface area is 140 Å². The lowest BCUT2D eigenvalue weighted by Gasteiger charge is -2.15. The van der Waals surface area contributed by atoms with E-state index in [2.05, 4.69) is 15.8 Å². The second-order valence-electron chi connectivity index (χ2n) is 5.04. The number of hydrazine groups is 1. The van der Waals surface area contributed by atoms with Crippen LogP contribution < -0.4 is 10.9 Å². The van der Waals surface area contributed by atoms with E-state index in [0.717, 1.165) is 11.4 Å². The summed E-state index contributed by atoms with van der Waals surface area (Å²) in [5, 5.41) is 8.71. The first-order valence-corrected chi connectivity index (χ1v) is 8.77. The molecule has 1 rings (SSSR count). The Bertz CT molecular complexity index is 535. The molecule has 126 valence electrons. The summed E-state index contributed by atoms with van der Waals surface area (Å²) in [6.45, 7) is 1.76. The van der Waals surface area contributed by atoms with Gasteiger partial charge in [0.15, 0.2) is 0 Å². The third-order valence-electron chi connectivity index (χ3n) is 3.08. The molecule has 0 saturated heterocycles. The van der Waals surface area contributed by atoms with E-state index in [4.69, 9.17) is 5.11 Å². The maximum absolute atomic E-state index is 12.3. The van der Waals surface area contributed by atoms with E-state index in [1.165, 1.54) is 0 Å². The van der Waals surface area contributed by atoms with Crippen LogP contribution >= 0.6 is 11.8 Å². The van der Waals surface area contributed by atoms with Gasteiger partial charge in [0, 0.05) is 5.71 Å². The van der Waals surface area contributed by atoms with Gasteiger partial charge in [0.25, 0.3) is 5.91 Å². The SMILES string of the molecule is CSCC[C@H](N=C(C)CCC(=O)O)C(=O)NNc1ccccc1. The van der Waals surface area contributed by atoms with E-state index in [1.54, 1.807) is 18.7 Å². The number of carboxylic acid groups (broad SMARTS) is 1. The van der Waals surface area contributed by atoms with Crippen molar-refractivity contribution in [3.63, 3.8) is 0 Å². The van der Waals surface area contributed by atoms with E-state index >= 15 is 0 Å². The highest BCUT2D eigenvalue weighted by atomic mass is 32.2. The number of benzene rings is 1. The Morgan fingerprint density at radius 1 is 1.26 bits per heavy atom. The lowest BCUT2D eigenvalue weighted by atomic mass is 10.2. The van der Waals surface area contributed by atoms with Gasteiger partial charge >= 0.3 is 5.97 Å². The third kappa shape index (κ3) is 8.25. The fraction of sp³-hybridized carbons (Fsp3) is 0.438. The number of anilines is 1. The molecular weight excluding hydrogens is 314 g/mol. The normalized spacial score (nSPS) is 12.5. The first-order chi connectivity index (χ1) is 11.0. The maximum atomic E-state index is 12.3. The van der Waals surface area contributed by atoms with E-state index < -0.39 is 12.0 Å². The summed E-state index contributed by atoms with van der Waals surface area (Å²) in [5.41, 5.74) is 6.97. The Kier molecular flexibility index (Phi) is 8.82. The van der Waals surface area contributed by atoms with Gasteiger partial charge in [-0.3, -0.25) is 25.4 Å². The number of para-hydroxylation sites is 1. The van der Waals surface area contributed by atoms with Gasteiger partial charge in [-0.15, -0.1) is 0 Å². The topological polar surface area (TPSA) is 90.8 Å². The van der Waals surface area contributed by atoms with Gasteiger partial charge in [0.2, 0.25) is 0 Å². The molecular formula is C16H23N3O3S. The fourth-order valence-corrected chi connectivity index (χ4v) is 2.30. The van der Waals surface area contributed by atoms with Crippen molar-refractivity contribution < 1.29 is 14.7 Å². The van der Waals surface area contributed by atoms with Gasteiger partial charge in [0.1, 0.15) is 6.04 Å². The summed E-state index contributed by atoms with van der Waals surface area (Å²) in [5.74, 6) is -0.285. The largest absolute Gasteiger partial charge is 0.481 e. The van der Waals surface area contributed by atoms with Crippen LogP contribution in [0.4, 0.5) is 5.69 Å². The summed E-state index contributed by atoms with van der Waals surface area (Å²) < 4.78 is 0. The van der Waals surface area contributed by atoms with Crippen molar-refractivity contribution in [2.75, 3.05) is 17.4 Å². The van der Waals surface area contributed by atoms with Crippen LogP contribution in [0.3, 0.4) is 0 Å². The van der Waals surface area contributed by atoms with Gasteiger partial charge in [-0.25, -0.2) is 0 Å². The molecule has 1 aromatic carbocycles. The molecule has 0 radical (unpaired) electrons. The highest BCUT2D eigenvalue weighted by Gasteiger charge is 2.17. The maximum Gasteiger partial charge on any atom is 0.303 e. The number of carbonyl (C=O) groups excluding carboxylic acids is 1. The number of hydrogen-bond donors (Lipinski definition) is 3. The van der Waals surface area contributed by atoms with E-state index in [1.807, 2.05) is 36.6 Å². The summed E-state index contributed by atoms with van der Waals surface area (Å²) in [6, 6.07) is 8.80. The smallest absolute Gasteiger partial charge is 0.303 e. The van der Waals surface area contributed by atoms with Crippen LogP contribution in [-0.2, 0) is 9.59 Å². The molecule has 3 N–H and O–H groups in total. The van der Waals surface area contributed by atoms with Crippen LogP contribution in [-0.4, -0.2) is 40.7 Å². The Balaban J connectivity index is 2.62. The minimum absolute atomic E-state index is 0.0223. The van der Waals surface area contributed by atoms with Crippen LogP contribution in [0.15, 0.2) is 35.3 Å². The molecule has 0 unspecified atom stereocenters. The second kappa shape index (κ2) is 10.7. The van der Waals surface area contributed by atoms with Crippen molar-refractivity contribution in [3.8, 4) is 0 Å². The first-order valence-electron chi connectivity index (χ1n) is 7.38. The molecule has 7 heteroatoms. The van der Waals surface area contributed by atoms with Crippen LogP contribution in [0.5, 0.6) is 0 Å². The molecule has 1 atom stereocenters. The summed E-state index contributed by atoms with van der Waals surface area (Å²) in [4.78, 5) is 27.3. The monoisotopic (exact) mass is 337 g/mol. The summed E-state index contributed by atoms with van der Waals surface area (Å²) in [7, 11) is 0. The van der Waals surface area contributed by atoms with Gasteiger partial charge in [-0.1, -0.05) is 18.2 Å². The molecule has 0 bridgehead atoms. The predicted molar refractivity (Wildman–Crippen MR) is 95.0 cm³/mol. The number of carboxylic acids is 1. The number of nitrogens with one attached hydrogen (secondary N) is 2. The predicted octanol–water partition coefficient (Wildman–Crippen LogP) is 2.58. The molecule has 23 heavy (non-hydrogen) atoms. The number of nitrogens with zero attached hydrogens (tertiary/aromatic N) is 1. The van der Waals surface area contributed by atoms with Crippen LogP contribution in [0.25, 0.3) is 0 Å². The Hall–Kier alpha value is -2.02. The molecule has 0 aliphatic rings. The van der Waals surface area contributed by atoms with Crippen molar-refractivity contribution in [2.45, 2.75) is 32.2 Å². The fourth-order valence-electron chi connectivity index (χ4n) is 1.84. The number of thioether (sulfide) groups is 1. The molecule has 0 aliphatic carbocycles. The minimum atomic E-state index is -0.865. The lowest BCUT2D eigenvalue weighted by molar-refractivity contribution is -0.136. The van der Waals surface area contributed by atoms with Crippen molar-refractivity contribution >= 4 is 35.0 Å². The van der Waals surface area contributed by atoms with Crippen LogP contribution in [0, 0.1) is 0 Å². The van der Waals surface area contributed by atoms with Crippen molar-refractivity contribution in [1.82, 2.24) is 5.43 Å². The zero-order chi connectivity index (χ0) is 17.1. The van der Waals surface area contributed by atoms with Gasteiger partial charge < -0.3 is 5.11 Å². The molecule has 1 aromatic rings. The summed E-state index contributed by atoms with van der Waals surface area (Å²) >= 11 is 1.64. The zero-order valence-electron chi connectivity index (χ0n) is 13.4. The number of hydrogen-bond acceptors (Lipinski definition) is 5. The average molecular weight is 337 g/mol. The van der Waals surface area contributed by atoms with Gasteiger partial charge in [-0.05, 0) is 43.9 Å². The van der Waals surface area contributed by atoms with Crippen LogP contribution in [0.1, 0.15) is 26.2 Å². The van der Waals surface area contributed by atoms with E-state index in [9.17, 15) is 9.59 Å². The number of aliphatic imine (C=N–C) groups is 1. The van der Waals surface area contributed by atoms with Gasteiger partial charge in [0.05, 0.1) is 12.1 Å². The molecule has 0 spiro atoms. The number of carbonyl (C=O) groups is 2. The molecule has 0 fully saturated rings. The number of aliphatic carboxylic acids is 1. The quantitative estimate of drug-likeness (QED) is 0.451. The number of amides is 1. The molecule has 0 saturated carbocycles. The highest BCUT2D eigenvalue weighted by molar-refractivity contribution is 7.98. The first kappa shape index (κ1) is 19.0. The minimum Gasteiger partial charge on any atom is -0.481 e. The third-order valence-corrected chi connectivity index (χ3v) is 3.72. The van der Waals surface area contributed by atoms with Crippen molar-refractivity contribution in [1.29, 1.82) is 0 Å². The Morgan fingerprint density at radius 3 is 2.57 bits per heavy atom. The standard InChI is InChI=1S/C16H23N3O3S/c1-12(8-9-15(20)21)17-14(10-11-23-2)16(22)19-18-13-6-4-3-5-7-13/h3-7,14,18H,8-11H2,1-2H3,(H,19,22)(H,20,21)/t14-/m0/s1. The summed E-state index contributed by atoms with van der Waals surface area (Å²) in [6.07, 6.45) is 2.95. The molecule has 0 heterocycles. The molecule has 0 aliphatic heterocycles. The second-order valence-corrected chi connectivity index (χ2v) is 6.02. The molecule has 6 nitrogen and oxygen atoms in total. The van der Waals surface area contributed by atoms with Crippen molar-refractivity contribution in [2.24, 2.45) is 4.99 Å². The highest BCUT2D eigenvalue weighted by Crippen LogP contribution is 2.08. The van der Waals surface area contributed by atoms with Crippen molar-refractivity contribution in [3.05, 3.63) is 30.3 Å².